The van der Waals surface area contributed by atoms with Gasteiger partial charge in [-0.3, -0.25) is 9.59 Å². The number of carbonyl (C=O) groups is 2. The van der Waals surface area contributed by atoms with Crippen molar-refractivity contribution in [1.82, 2.24) is 20.1 Å². The van der Waals surface area contributed by atoms with Gasteiger partial charge in [0.1, 0.15) is 0 Å². The zero-order chi connectivity index (χ0) is 16.1. The summed E-state index contributed by atoms with van der Waals surface area (Å²) in [4.78, 5) is 27.1. The predicted octanol–water partition coefficient (Wildman–Crippen LogP) is 1.64. The fourth-order valence-corrected chi connectivity index (χ4v) is 1.98. The van der Waals surface area contributed by atoms with Gasteiger partial charge in [0.05, 0.1) is 18.1 Å². The van der Waals surface area contributed by atoms with Gasteiger partial charge < -0.3 is 10.6 Å². The fraction of sp³-hybridized carbons (Fsp3) is 0.333. The molecule has 2 N–H and O–H groups in total. The van der Waals surface area contributed by atoms with E-state index in [9.17, 15) is 9.59 Å². The Morgan fingerprint density at radius 1 is 1.41 bits per heavy atom. The molecule has 0 saturated carbocycles. The third-order valence-electron chi connectivity index (χ3n) is 3.04. The molecule has 7 nitrogen and oxygen atoms in total. The maximum absolute atomic E-state index is 11.8. The first-order valence-corrected chi connectivity index (χ1v) is 7.04. The zero-order valence-corrected chi connectivity index (χ0v) is 12.7. The van der Waals surface area contributed by atoms with Crippen molar-refractivity contribution in [1.29, 1.82) is 0 Å². The Bertz CT molecular complexity index is 705. The first-order chi connectivity index (χ1) is 10.5. The van der Waals surface area contributed by atoms with Crippen LogP contribution in [0.4, 0.5) is 5.69 Å². The Hall–Kier alpha value is -2.70. The molecule has 0 spiro atoms. The molecule has 0 aliphatic rings. The minimum atomic E-state index is -0.294. The van der Waals surface area contributed by atoms with Crippen LogP contribution in [0.15, 0.2) is 31.1 Å². The quantitative estimate of drug-likeness (QED) is 0.794. The Labute approximate surface area is 128 Å². The Morgan fingerprint density at radius 2 is 2.18 bits per heavy atom. The lowest BCUT2D eigenvalue weighted by molar-refractivity contribution is -0.117. The SMILES string of the molecule is C=CC(=O)NCCC(=O)Nc1cnc2c(cnn2C(C)C)c1. The lowest BCUT2D eigenvalue weighted by Gasteiger charge is -2.08. The summed E-state index contributed by atoms with van der Waals surface area (Å²) >= 11 is 0. The molecule has 2 aromatic heterocycles. The van der Waals surface area contributed by atoms with Gasteiger partial charge in [0.15, 0.2) is 5.65 Å². The molecular weight excluding hydrogens is 282 g/mol. The maximum Gasteiger partial charge on any atom is 0.243 e. The summed E-state index contributed by atoms with van der Waals surface area (Å²) in [6, 6.07) is 2.05. The van der Waals surface area contributed by atoms with Crippen molar-refractivity contribution >= 4 is 28.5 Å². The predicted molar refractivity (Wildman–Crippen MR) is 84.4 cm³/mol. The van der Waals surface area contributed by atoms with Gasteiger partial charge in [-0.1, -0.05) is 6.58 Å². The molecule has 0 fully saturated rings. The first kappa shape index (κ1) is 15.7. The monoisotopic (exact) mass is 301 g/mol. The van der Waals surface area contributed by atoms with E-state index in [0.29, 0.717) is 5.69 Å². The third-order valence-corrected chi connectivity index (χ3v) is 3.04. The number of aromatic nitrogens is 3. The highest BCUT2D eigenvalue weighted by Gasteiger charge is 2.09. The molecule has 2 aromatic rings. The van der Waals surface area contributed by atoms with Crippen molar-refractivity contribution in [3.05, 3.63) is 31.1 Å². The number of amides is 2. The molecule has 0 atom stereocenters. The molecule has 0 aliphatic carbocycles. The summed E-state index contributed by atoms with van der Waals surface area (Å²) in [5, 5.41) is 10.4. The topological polar surface area (TPSA) is 88.9 Å². The fourth-order valence-electron chi connectivity index (χ4n) is 1.98. The lowest BCUT2D eigenvalue weighted by atomic mass is 10.3. The molecule has 2 amide bonds. The summed E-state index contributed by atoms with van der Waals surface area (Å²) in [5.41, 5.74) is 1.39. The van der Waals surface area contributed by atoms with Crippen LogP contribution in [0.3, 0.4) is 0 Å². The van der Waals surface area contributed by atoms with Crippen LogP contribution in [-0.4, -0.2) is 33.1 Å². The summed E-state index contributed by atoms with van der Waals surface area (Å²) in [5.74, 6) is -0.487. The van der Waals surface area contributed by atoms with Gasteiger partial charge in [0.25, 0.3) is 0 Å². The number of hydrogen-bond donors (Lipinski definition) is 2. The smallest absolute Gasteiger partial charge is 0.243 e. The van der Waals surface area contributed by atoms with E-state index in [1.807, 2.05) is 24.6 Å². The third kappa shape index (κ3) is 3.69. The van der Waals surface area contributed by atoms with Gasteiger partial charge >= 0.3 is 0 Å². The number of nitrogens with zero attached hydrogens (tertiary/aromatic N) is 3. The standard InChI is InChI=1S/C15H19N5O2/c1-4-13(21)16-6-5-14(22)19-12-7-11-8-18-20(10(2)3)15(11)17-9-12/h4,7-10H,1,5-6H2,2-3H3,(H,16,21)(H,19,22). The van der Waals surface area contributed by atoms with Crippen LogP contribution in [0.2, 0.25) is 0 Å². The van der Waals surface area contributed by atoms with Crippen molar-refractivity contribution in [2.45, 2.75) is 26.3 Å². The normalized spacial score (nSPS) is 10.7. The van der Waals surface area contributed by atoms with Crippen LogP contribution in [0, 0.1) is 0 Å². The number of pyridine rings is 1. The van der Waals surface area contributed by atoms with Crippen molar-refractivity contribution in [2.24, 2.45) is 0 Å². The minimum absolute atomic E-state index is 0.183. The molecule has 2 rings (SSSR count). The second-order valence-corrected chi connectivity index (χ2v) is 5.11. The Morgan fingerprint density at radius 3 is 2.86 bits per heavy atom. The molecule has 0 aromatic carbocycles. The summed E-state index contributed by atoms with van der Waals surface area (Å²) in [6.45, 7) is 7.66. The summed E-state index contributed by atoms with van der Waals surface area (Å²) in [6.07, 6.45) is 4.68. The highest BCUT2D eigenvalue weighted by molar-refractivity contribution is 5.93. The molecule has 22 heavy (non-hydrogen) atoms. The highest BCUT2D eigenvalue weighted by Crippen LogP contribution is 2.19. The van der Waals surface area contributed by atoms with Crippen LogP contribution >= 0.6 is 0 Å². The van der Waals surface area contributed by atoms with E-state index in [4.69, 9.17) is 0 Å². The van der Waals surface area contributed by atoms with Crippen LogP contribution in [0.5, 0.6) is 0 Å². The van der Waals surface area contributed by atoms with Crippen molar-refractivity contribution in [3.63, 3.8) is 0 Å². The zero-order valence-electron chi connectivity index (χ0n) is 12.7. The van der Waals surface area contributed by atoms with Crippen LogP contribution in [-0.2, 0) is 9.59 Å². The van der Waals surface area contributed by atoms with Gasteiger partial charge in [-0.15, -0.1) is 0 Å². The molecular formula is C15H19N5O2. The van der Waals surface area contributed by atoms with E-state index >= 15 is 0 Å². The second-order valence-electron chi connectivity index (χ2n) is 5.11. The van der Waals surface area contributed by atoms with Crippen molar-refractivity contribution < 1.29 is 9.59 Å². The molecule has 0 saturated heterocycles. The van der Waals surface area contributed by atoms with E-state index in [2.05, 4.69) is 27.3 Å². The average Bonchev–Trinajstić information content (AvgIpc) is 2.90. The molecule has 0 unspecified atom stereocenters. The summed E-state index contributed by atoms with van der Waals surface area (Å²) < 4.78 is 1.83. The number of rotatable bonds is 6. The molecule has 2 heterocycles. The number of nitrogens with one attached hydrogen (secondary N) is 2. The van der Waals surface area contributed by atoms with Gasteiger partial charge in [-0.05, 0) is 26.0 Å². The number of anilines is 1. The van der Waals surface area contributed by atoms with Crippen LogP contribution < -0.4 is 10.6 Å². The van der Waals surface area contributed by atoms with E-state index in [1.165, 1.54) is 6.08 Å². The van der Waals surface area contributed by atoms with E-state index in [-0.39, 0.29) is 30.8 Å². The summed E-state index contributed by atoms with van der Waals surface area (Å²) in [7, 11) is 0. The molecule has 0 aliphatic heterocycles. The molecule has 116 valence electrons. The van der Waals surface area contributed by atoms with Crippen molar-refractivity contribution in [2.75, 3.05) is 11.9 Å². The number of carbonyl (C=O) groups excluding carboxylic acids is 2. The van der Waals surface area contributed by atoms with E-state index < -0.39 is 0 Å². The Kier molecular flexibility index (Phi) is 4.88. The maximum atomic E-state index is 11.8. The number of fused-ring (bicyclic) bond motifs is 1. The Balaban J connectivity index is 1.98. The molecule has 0 bridgehead atoms. The lowest BCUT2D eigenvalue weighted by Crippen LogP contribution is -2.25. The largest absolute Gasteiger partial charge is 0.352 e. The molecule has 0 radical (unpaired) electrons. The van der Waals surface area contributed by atoms with E-state index in [0.717, 1.165) is 11.0 Å². The number of hydrogen-bond acceptors (Lipinski definition) is 4. The van der Waals surface area contributed by atoms with Crippen molar-refractivity contribution in [3.8, 4) is 0 Å². The van der Waals surface area contributed by atoms with Gasteiger partial charge in [-0.2, -0.15) is 5.10 Å². The van der Waals surface area contributed by atoms with Crippen LogP contribution in [0.25, 0.3) is 11.0 Å². The van der Waals surface area contributed by atoms with Gasteiger partial charge in [0.2, 0.25) is 11.8 Å². The van der Waals surface area contributed by atoms with Crippen LogP contribution in [0.1, 0.15) is 26.3 Å². The highest BCUT2D eigenvalue weighted by atomic mass is 16.2. The minimum Gasteiger partial charge on any atom is -0.352 e. The van der Waals surface area contributed by atoms with E-state index in [1.54, 1.807) is 12.4 Å². The molecule has 7 heteroatoms. The van der Waals surface area contributed by atoms with Gasteiger partial charge in [0, 0.05) is 24.4 Å². The second kappa shape index (κ2) is 6.84. The average molecular weight is 301 g/mol. The van der Waals surface area contributed by atoms with Gasteiger partial charge in [-0.25, -0.2) is 9.67 Å². The first-order valence-electron chi connectivity index (χ1n) is 7.04.